The Morgan fingerprint density at radius 1 is 1.56 bits per heavy atom. The number of benzene rings is 1. The maximum Gasteiger partial charge on any atom is 0.0568 e. The molecule has 1 heterocycles. The SMILES string of the molecule is CCC1CN(c2ccc(Br)c(Cl)c2)CCN1. The van der Waals surface area contributed by atoms with Crippen LogP contribution in [-0.4, -0.2) is 25.7 Å². The largest absolute Gasteiger partial charge is 0.369 e. The highest BCUT2D eigenvalue weighted by molar-refractivity contribution is 9.10. The summed E-state index contributed by atoms with van der Waals surface area (Å²) >= 11 is 9.53. The molecule has 0 radical (unpaired) electrons. The van der Waals surface area contributed by atoms with E-state index in [1.165, 1.54) is 12.1 Å². The van der Waals surface area contributed by atoms with Gasteiger partial charge in [-0.2, -0.15) is 0 Å². The van der Waals surface area contributed by atoms with E-state index < -0.39 is 0 Å². The molecule has 1 saturated heterocycles. The first-order valence-corrected chi connectivity index (χ1v) is 6.81. The van der Waals surface area contributed by atoms with Gasteiger partial charge in [-0.3, -0.25) is 0 Å². The Bertz CT molecular complexity index is 370. The maximum atomic E-state index is 6.11. The third-order valence-electron chi connectivity index (χ3n) is 3.02. The van der Waals surface area contributed by atoms with Gasteiger partial charge in [0.15, 0.2) is 0 Å². The second kappa shape index (κ2) is 5.39. The van der Waals surface area contributed by atoms with Crippen molar-refractivity contribution in [1.82, 2.24) is 5.32 Å². The van der Waals surface area contributed by atoms with Crippen LogP contribution >= 0.6 is 27.5 Å². The van der Waals surface area contributed by atoms with Gasteiger partial charge in [0.05, 0.1) is 5.02 Å². The summed E-state index contributed by atoms with van der Waals surface area (Å²) in [5.74, 6) is 0. The molecule has 2 nitrogen and oxygen atoms in total. The lowest BCUT2D eigenvalue weighted by Crippen LogP contribution is -2.50. The summed E-state index contributed by atoms with van der Waals surface area (Å²) < 4.78 is 0.958. The smallest absolute Gasteiger partial charge is 0.0568 e. The van der Waals surface area contributed by atoms with E-state index in [9.17, 15) is 0 Å². The molecule has 0 spiro atoms. The van der Waals surface area contributed by atoms with E-state index in [0.29, 0.717) is 6.04 Å². The molecule has 1 aromatic carbocycles. The Balaban J connectivity index is 2.13. The second-order valence-electron chi connectivity index (χ2n) is 4.10. The fraction of sp³-hybridized carbons (Fsp3) is 0.500. The van der Waals surface area contributed by atoms with Gasteiger partial charge in [0.25, 0.3) is 0 Å². The van der Waals surface area contributed by atoms with E-state index in [4.69, 9.17) is 11.6 Å². The van der Waals surface area contributed by atoms with Crippen molar-refractivity contribution in [1.29, 1.82) is 0 Å². The minimum atomic E-state index is 0.594. The summed E-state index contributed by atoms with van der Waals surface area (Å²) in [6, 6.07) is 6.76. The number of halogens is 2. The van der Waals surface area contributed by atoms with Gasteiger partial charge in [-0.05, 0) is 40.5 Å². The zero-order valence-corrected chi connectivity index (χ0v) is 11.7. The molecule has 1 fully saturated rings. The van der Waals surface area contributed by atoms with Gasteiger partial charge < -0.3 is 10.2 Å². The molecule has 0 saturated carbocycles. The van der Waals surface area contributed by atoms with Crippen LogP contribution in [-0.2, 0) is 0 Å². The molecule has 16 heavy (non-hydrogen) atoms. The van der Waals surface area contributed by atoms with E-state index in [1.54, 1.807) is 0 Å². The number of piperazine rings is 1. The molecule has 1 atom stereocenters. The lowest BCUT2D eigenvalue weighted by Gasteiger charge is -2.35. The predicted octanol–water partition coefficient (Wildman–Crippen LogP) is 3.29. The summed E-state index contributed by atoms with van der Waals surface area (Å²) in [7, 11) is 0. The highest BCUT2D eigenvalue weighted by atomic mass is 79.9. The topological polar surface area (TPSA) is 15.3 Å². The summed E-state index contributed by atoms with van der Waals surface area (Å²) in [5, 5.41) is 4.29. The zero-order valence-electron chi connectivity index (χ0n) is 9.34. The quantitative estimate of drug-likeness (QED) is 0.902. The first-order chi connectivity index (χ1) is 7.70. The Hall–Kier alpha value is -0.250. The number of rotatable bonds is 2. The monoisotopic (exact) mass is 302 g/mol. The van der Waals surface area contributed by atoms with Crippen LogP contribution in [0, 0.1) is 0 Å². The van der Waals surface area contributed by atoms with Crippen molar-refractivity contribution in [2.24, 2.45) is 0 Å². The minimum Gasteiger partial charge on any atom is -0.369 e. The number of nitrogens with one attached hydrogen (secondary N) is 1. The van der Waals surface area contributed by atoms with E-state index in [2.05, 4.69) is 39.1 Å². The molecular weight excluding hydrogens is 288 g/mol. The van der Waals surface area contributed by atoms with Crippen LogP contribution in [0.4, 0.5) is 5.69 Å². The summed E-state index contributed by atoms with van der Waals surface area (Å²) in [5.41, 5.74) is 1.22. The molecular formula is C12H16BrClN2. The molecule has 1 aliphatic heterocycles. The molecule has 0 aromatic heterocycles. The molecule has 1 aliphatic rings. The van der Waals surface area contributed by atoms with E-state index in [-0.39, 0.29) is 0 Å². The predicted molar refractivity (Wildman–Crippen MR) is 73.4 cm³/mol. The second-order valence-corrected chi connectivity index (χ2v) is 5.37. The van der Waals surface area contributed by atoms with Crippen LogP contribution in [0.5, 0.6) is 0 Å². The normalized spacial score (nSPS) is 21.2. The van der Waals surface area contributed by atoms with Crippen LogP contribution in [0.2, 0.25) is 5.02 Å². The Kier molecular flexibility index (Phi) is 4.11. The van der Waals surface area contributed by atoms with Crippen LogP contribution in [0.25, 0.3) is 0 Å². The average molecular weight is 304 g/mol. The third kappa shape index (κ3) is 2.70. The van der Waals surface area contributed by atoms with Gasteiger partial charge in [0, 0.05) is 35.8 Å². The fourth-order valence-electron chi connectivity index (χ4n) is 2.02. The Labute approximate surface area is 110 Å². The molecule has 2 rings (SSSR count). The molecule has 1 N–H and O–H groups in total. The first kappa shape index (κ1) is 12.2. The number of anilines is 1. The van der Waals surface area contributed by atoms with Crippen LogP contribution in [0.3, 0.4) is 0 Å². The lowest BCUT2D eigenvalue weighted by molar-refractivity contribution is 0.447. The lowest BCUT2D eigenvalue weighted by atomic mass is 10.1. The van der Waals surface area contributed by atoms with Gasteiger partial charge in [0.1, 0.15) is 0 Å². The zero-order chi connectivity index (χ0) is 11.5. The van der Waals surface area contributed by atoms with Gasteiger partial charge in [0.2, 0.25) is 0 Å². The summed E-state index contributed by atoms with van der Waals surface area (Å²) in [6.07, 6.45) is 1.17. The van der Waals surface area contributed by atoms with Crippen molar-refractivity contribution < 1.29 is 0 Å². The van der Waals surface area contributed by atoms with Crippen LogP contribution in [0.1, 0.15) is 13.3 Å². The maximum absolute atomic E-state index is 6.11. The van der Waals surface area contributed by atoms with Crippen molar-refractivity contribution in [2.75, 3.05) is 24.5 Å². The molecule has 1 aromatic rings. The molecule has 0 aliphatic carbocycles. The van der Waals surface area contributed by atoms with E-state index in [1.807, 2.05) is 12.1 Å². The Morgan fingerprint density at radius 3 is 3.06 bits per heavy atom. The highest BCUT2D eigenvalue weighted by Gasteiger charge is 2.18. The van der Waals surface area contributed by atoms with Gasteiger partial charge in [-0.1, -0.05) is 18.5 Å². The first-order valence-electron chi connectivity index (χ1n) is 5.64. The van der Waals surface area contributed by atoms with Gasteiger partial charge in [-0.15, -0.1) is 0 Å². The Morgan fingerprint density at radius 2 is 2.38 bits per heavy atom. The van der Waals surface area contributed by atoms with Crippen molar-refractivity contribution in [3.63, 3.8) is 0 Å². The van der Waals surface area contributed by atoms with E-state index >= 15 is 0 Å². The van der Waals surface area contributed by atoms with E-state index in [0.717, 1.165) is 29.1 Å². The fourth-order valence-corrected chi connectivity index (χ4v) is 2.44. The highest BCUT2D eigenvalue weighted by Crippen LogP contribution is 2.28. The molecule has 0 bridgehead atoms. The van der Waals surface area contributed by atoms with Gasteiger partial charge in [-0.25, -0.2) is 0 Å². The summed E-state index contributed by atoms with van der Waals surface area (Å²) in [6.45, 7) is 5.38. The number of hydrogen-bond acceptors (Lipinski definition) is 2. The summed E-state index contributed by atoms with van der Waals surface area (Å²) in [4.78, 5) is 2.39. The van der Waals surface area contributed by atoms with Crippen molar-refractivity contribution in [3.05, 3.63) is 27.7 Å². The molecule has 0 amide bonds. The van der Waals surface area contributed by atoms with Gasteiger partial charge >= 0.3 is 0 Å². The number of hydrogen-bond donors (Lipinski definition) is 1. The van der Waals surface area contributed by atoms with Crippen LogP contribution in [0.15, 0.2) is 22.7 Å². The standard InChI is InChI=1S/C12H16BrClN2/c1-2-9-8-16(6-5-15-9)10-3-4-11(13)12(14)7-10/h3-4,7,9,15H,2,5-6,8H2,1H3. The van der Waals surface area contributed by atoms with Crippen molar-refractivity contribution in [2.45, 2.75) is 19.4 Å². The molecule has 4 heteroatoms. The third-order valence-corrected chi connectivity index (χ3v) is 4.25. The average Bonchev–Trinajstić information content (AvgIpc) is 2.33. The molecule has 1 unspecified atom stereocenters. The van der Waals surface area contributed by atoms with Crippen LogP contribution < -0.4 is 10.2 Å². The van der Waals surface area contributed by atoms with Crippen molar-refractivity contribution >= 4 is 33.2 Å². The van der Waals surface area contributed by atoms with Crippen molar-refractivity contribution in [3.8, 4) is 0 Å². The minimum absolute atomic E-state index is 0.594. The molecule has 88 valence electrons. The number of nitrogens with zero attached hydrogens (tertiary/aromatic N) is 1.